The third-order valence-electron chi connectivity index (χ3n) is 3.67. The van der Waals surface area contributed by atoms with Crippen molar-refractivity contribution in [2.24, 2.45) is 0 Å². The number of piperidine rings is 1. The van der Waals surface area contributed by atoms with Crippen LogP contribution in [0.2, 0.25) is 0 Å². The van der Waals surface area contributed by atoms with Crippen LogP contribution in [0.5, 0.6) is 0 Å². The lowest BCUT2D eigenvalue weighted by Crippen LogP contribution is -2.36. The molecule has 2 rings (SSSR count). The van der Waals surface area contributed by atoms with Crippen LogP contribution in [0.25, 0.3) is 0 Å². The predicted octanol–water partition coefficient (Wildman–Crippen LogP) is 3.85. The fourth-order valence-corrected chi connectivity index (χ4v) is 2.50. The summed E-state index contributed by atoms with van der Waals surface area (Å²) < 4.78 is 41.2. The minimum Gasteiger partial charge on any atom is -0.314 e. The Bertz CT molecular complexity index is 445. The summed E-state index contributed by atoms with van der Waals surface area (Å²) in [6, 6.07) is 2.56. The second kappa shape index (κ2) is 5.53. The van der Waals surface area contributed by atoms with E-state index in [9.17, 15) is 13.2 Å². The standard InChI is InChI=1S/C15H20F3N/c1-15(2,18)11-7-10(14(17)13(16)9-11)8-12-5-3-4-6-19-12/h7,9,12,19H,3-6,8H2,1-2H3. The van der Waals surface area contributed by atoms with Crippen LogP contribution in [0, 0.1) is 11.6 Å². The first-order valence-corrected chi connectivity index (χ1v) is 6.78. The molecule has 1 aliphatic heterocycles. The summed E-state index contributed by atoms with van der Waals surface area (Å²) in [6.07, 6.45) is 3.57. The molecule has 1 nitrogen and oxygen atoms in total. The minimum absolute atomic E-state index is 0.153. The maximum atomic E-state index is 13.9. The Balaban J connectivity index is 2.25. The molecule has 19 heavy (non-hydrogen) atoms. The van der Waals surface area contributed by atoms with E-state index in [-0.39, 0.29) is 17.2 Å². The van der Waals surface area contributed by atoms with Gasteiger partial charge in [0.1, 0.15) is 5.67 Å². The van der Waals surface area contributed by atoms with Crippen LogP contribution in [0.15, 0.2) is 12.1 Å². The van der Waals surface area contributed by atoms with E-state index in [2.05, 4.69) is 5.32 Å². The smallest absolute Gasteiger partial charge is 0.162 e. The summed E-state index contributed by atoms with van der Waals surface area (Å²) in [4.78, 5) is 0. The normalized spacial score (nSPS) is 20.6. The Hall–Kier alpha value is -1.03. The van der Waals surface area contributed by atoms with Gasteiger partial charge in [-0.05, 0) is 62.9 Å². The molecule has 0 amide bonds. The molecular weight excluding hydrogens is 251 g/mol. The van der Waals surface area contributed by atoms with Crippen LogP contribution in [-0.4, -0.2) is 12.6 Å². The quantitative estimate of drug-likeness (QED) is 0.880. The zero-order chi connectivity index (χ0) is 14.0. The molecule has 1 N–H and O–H groups in total. The fraction of sp³-hybridized carbons (Fsp3) is 0.600. The van der Waals surface area contributed by atoms with Gasteiger partial charge in [0, 0.05) is 6.04 Å². The van der Waals surface area contributed by atoms with Crippen molar-refractivity contribution in [3.8, 4) is 0 Å². The van der Waals surface area contributed by atoms with E-state index in [0.717, 1.165) is 31.9 Å². The van der Waals surface area contributed by atoms with Crippen molar-refractivity contribution in [3.63, 3.8) is 0 Å². The van der Waals surface area contributed by atoms with Crippen molar-refractivity contribution in [1.29, 1.82) is 0 Å². The van der Waals surface area contributed by atoms with Crippen molar-refractivity contribution in [3.05, 3.63) is 34.9 Å². The van der Waals surface area contributed by atoms with Gasteiger partial charge in [-0.1, -0.05) is 6.42 Å². The highest BCUT2D eigenvalue weighted by molar-refractivity contribution is 5.30. The molecule has 106 valence electrons. The molecule has 4 heteroatoms. The summed E-state index contributed by atoms with van der Waals surface area (Å²) >= 11 is 0. The summed E-state index contributed by atoms with van der Waals surface area (Å²) in [5, 5.41) is 3.29. The number of hydrogen-bond donors (Lipinski definition) is 1. The third kappa shape index (κ3) is 3.50. The first-order valence-electron chi connectivity index (χ1n) is 6.78. The minimum atomic E-state index is -1.66. The lowest BCUT2D eigenvalue weighted by atomic mass is 9.93. The lowest BCUT2D eigenvalue weighted by molar-refractivity contribution is 0.220. The second-order valence-corrected chi connectivity index (χ2v) is 5.75. The van der Waals surface area contributed by atoms with Crippen LogP contribution in [0.1, 0.15) is 44.2 Å². The van der Waals surface area contributed by atoms with Crippen LogP contribution < -0.4 is 5.32 Å². The Labute approximate surface area is 112 Å². The van der Waals surface area contributed by atoms with Gasteiger partial charge < -0.3 is 5.32 Å². The fourth-order valence-electron chi connectivity index (χ4n) is 2.50. The first-order chi connectivity index (χ1) is 8.88. The van der Waals surface area contributed by atoms with Gasteiger partial charge in [0.25, 0.3) is 0 Å². The highest BCUT2D eigenvalue weighted by Gasteiger charge is 2.24. The maximum Gasteiger partial charge on any atom is 0.162 e. The van der Waals surface area contributed by atoms with Crippen molar-refractivity contribution >= 4 is 0 Å². The Kier molecular flexibility index (Phi) is 4.19. The van der Waals surface area contributed by atoms with Crippen molar-refractivity contribution in [2.75, 3.05) is 6.54 Å². The molecule has 0 spiro atoms. The van der Waals surface area contributed by atoms with E-state index in [0.29, 0.717) is 6.42 Å². The van der Waals surface area contributed by atoms with Crippen LogP contribution >= 0.6 is 0 Å². The summed E-state index contributed by atoms with van der Waals surface area (Å²) in [5.41, 5.74) is -1.21. The van der Waals surface area contributed by atoms with Crippen molar-refractivity contribution < 1.29 is 13.2 Å². The number of benzene rings is 1. The Morgan fingerprint density at radius 2 is 2.00 bits per heavy atom. The molecule has 0 radical (unpaired) electrons. The molecule has 1 aromatic carbocycles. The summed E-state index contributed by atoms with van der Waals surface area (Å²) in [6.45, 7) is 3.60. The Morgan fingerprint density at radius 3 is 2.58 bits per heavy atom. The number of hydrogen-bond acceptors (Lipinski definition) is 1. The average molecular weight is 271 g/mol. The molecule has 1 heterocycles. The van der Waals surface area contributed by atoms with Gasteiger partial charge in [0.05, 0.1) is 0 Å². The molecule has 1 unspecified atom stereocenters. The number of rotatable bonds is 3. The highest BCUT2D eigenvalue weighted by atomic mass is 19.2. The van der Waals surface area contributed by atoms with E-state index in [1.54, 1.807) is 0 Å². The van der Waals surface area contributed by atoms with Gasteiger partial charge in [0.15, 0.2) is 11.6 Å². The third-order valence-corrected chi connectivity index (χ3v) is 3.67. The molecule has 0 aliphatic carbocycles. The van der Waals surface area contributed by atoms with E-state index in [1.807, 2.05) is 0 Å². The van der Waals surface area contributed by atoms with Gasteiger partial charge in [-0.2, -0.15) is 0 Å². The van der Waals surface area contributed by atoms with Crippen LogP contribution in [0.3, 0.4) is 0 Å². The van der Waals surface area contributed by atoms with Crippen LogP contribution in [-0.2, 0) is 12.1 Å². The van der Waals surface area contributed by atoms with Gasteiger partial charge in [-0.3, -0.25) is 0 Å². The molecule has 1 saturated heterocycles. The SMILES string of the molecule is CC(C)(F)c1cc(F)c(F)c(CC2CCCCN2)c1. The van der Waals surface area contributed by atoms with Gasteiger partial charge in [-0.25, -0.2) is 13.2 Å². The average Bonchev–Trinajstić information content (AvgIpc) is 2.34. The lowest BCUT2D eigenvalue weighted by Gasteiger charge is -2.24. The number of halogens is 3. The van der Waals surface area contributed by atoms with Crippen molar-refractivity contribution in [1.82, 2.24) is 5.32 Å². The molecule has 1 atom stereocenters. The van der Waals surface area contributed by atoms with E-state index in [1.165, 1.54) is 19.9 Å². The topological polar surface area (TPSA) is 12.0 Å². The molecule has 1 aromatic rings. The van der Waals surface area contributed by atoms with E-state index < -0.39 is 17.3 Å². The highest BCUT2D eigenvalue weighted by Crippen LogP contribution is 2.28. The maximum absolute atomic E-state index is 13.9. The summed E-state index contributed by atoms with van der Waals surface area (Å²) in [5.74, 6) is -1.81. The second-order valence-electron chi connectivity index (χ2n) is 5.75. The largest absolute Gasteiger partial charge is 0.314 e. The zero-order valence-electron chi connectivity index (χ0n) is 11.4. The van der Waals surface area contributed by atoms with E-state index >= 15 is 0 Å². The summed E-state index contributed by atoms with van der Waals surface area (Å²) in [7, 11) is 0. The van der Waals surface area contributed by atoms with Crippen molar-refractivity contribution in [2.45, 2.75) is 51.2 Å². The number of alkyl halides is 1. The molecule has 0 saturated carbocycles. The monoisotopic (exact) mass is 271 g/mol. The van der Waals surface area contributed by atoms with Gasteiger partial charge in [-0.15, -0.1) is 0 Å². The molecule has 1 fully saturated rings. The van der Waals surface area contributed by atoms with Crippen LogP contribution in [0.4, 0.5) is 13.2 Å². The molecular formula is C15H20F3N. The molecule has 0 bridgehead atoms. The molecule has 0 aromatic heterocycles. The number of nitrogens with one attached hydrogen (secondary N) is 1. The van der Waals surface area contributed by atoms with E-state index in [4.69, 9.17) is 0 Å². The van der Waals surface area contributed by atoms with Gasteiger partial charge in [0.2, 0.25) is 0 Å². The first kappa shape index (κ1) is 14.4. The predicted molar refractivity (Wildman–Crippen MR) is 69.8 cm³/mol. The molecule has 1 aliphatic rings. The van der Waals surface area contributed by atoms with Gasteiger partial charge >= 0.3 is 0 Å². The Morgan fingerprint density at radius 1 is 1.26 bits per heavy atom. The zero-order valence-corrected chi connectivity index (χ0v) is 11.4.